The molecule has 0 bridgehead atoms. The number of likely N-dealkylation sites (tertiary alicyclic amines) is 1. The van der Waals surface area contributed by atoms with Gasteiger partial charge in [-0.1, -0.05) is 6.07 Å². The van der Waals surface area contributed by atoms with Crippen LogP contribution >= 0.6 is 0 Å². The molecule has 1 aromatic carbocycles. The van der Waals surface area contributed by atoms with Gasteiger partial charge in [-0.25, -0.2) is 4.98 Å². The fourth-order valence-electron chi connectivity index (χ4n) is 2.94. The molecule has 3 rings (SSSR count). The van der Waals surface area contributed by atoms with E-state index in [0.717, 1.165) is 25.1 Å². The third kappa shape index (κ3) is 5.19. The monoisotopic (exact) mass is 342 g/mol. The lowest BCUT2D eigenvalue weighted by Gasteiger charge is -2.23. The number of aliphatic carboxylic acids is 1. The Morgan fingerprint density at radius 1 is 1.20 bits per heavy atom. The molecule has 25 heavy (non-hydrogen) atoms. The quantitative estimate of drug-likeness (QED) is 0.794. The zero-order valence-electron chi connectivity index (χ0n) is 14.0. The Morgan fingerprint density at radius 2 is 2.00 bits per heavy atom. The van der Waals surface area contributed by atoms with Gasteiger partial charge in [-0.05, 0) is 49.7 Å². The fraction of sp³-hybridized carbons (Fsp3) is 0.368. The summed E-state index contributed by atoms with van der Waals surface area (Å²) in [7, 11) is 0. The molecule has 1 unspecified atom stereocenters. The molecule has 1 aliphatic rings. The Hall–Kier alpha value is -2.60. The lowest BCUT2D eigenvalue weighted by atomic mass is 10.2. The number of aromatic nitrogens is 1. The van der Waals surface area contributed by atoms with E-state index in [1.165, 1.54) is 0 Å². The van der Waals surface area contributed by atoms with Gasteiger partial charge in [0.2, 0.25) is 5.88 Å². The molecule has 2 aromatic rings. The van der Waals surface area contributed by atoms with Crippen molar-refractivity contribution in [2.45, 2.75) is 25.3 Å². The predicted molar refractivity (Wildman–Crippen MR) is 93.1 cm³/mol. The van der Waals surface area contributed by atoms with Crippen LogP contribution in [0.25, 0.3) is 0 Å². The van der Waals surface area contributed by atoms with E-state index in [0.29, 0.717) is 24.8 Å². The molecule has 0 saturated carbocycles. The minimum atomic E-state index is -0.755. The standard InChI is InChI=1S/C19H22N2O4/c22-19(23)10-13-21-12-3-4-15(21)14-24-16-6-8-17(9-7-16)25-18-5-1-2-11-20-18/h1-2,5-9,11,15H,3-4,10,12-14H2,(H,22,23). The van der Waals surface area contributed by atoms with Crippen LogP contribution in [0.4, 0.5) is 0 Å². The zero-order valence-corrected chi connectivity index (χ0v) is 14.0. The minimum Gasteiger partial charge on any atom is -0.492 e. The van der Waals surface area contributed by atoms with Crippen molar-refractivity contribution >= 4 is 5.97 Å². The highest BCUT2D eigenvalue weighted by Crippen LogP contribution is 2.23. The van der Waals surface area contributed by atoms with Gasteiger partial charge >= 0.3 is 5.97 Å². The molecule has 6 nitrogen and oxygen atoms in total. The first kappa shape index (κ1) is 17.2. The number of ether oxygens (including phenoxy) is 2. The van der Waals surface area contributed by atoms with Crippen molar-refractivity contribution in [2.75, 3.05) is 19.7 Å². The summed E-state index contributed by atoms with van der Waals surface area (Å²) in [5, 5.41) is 8.83. The number of carboxylic acid groups (broad SMARTS) is 1. The van der Waals surface area contributed by atoms with E-state index in [1.807, 2.05) is 36.4 Å². The van der Waals surface area contributed by atoms with Crippen LogP contribution in [0.3, 0.4) is 0 Å². The molecule has 1 fully saturated rings. The molecule has 1 aromatic heterocycles. The van der Waals surface area contributed by atoms with Crippen LogP contribution < -0.4 is 9.47 Å². The number of benzene rings is 1. The Balaban J connectivity index is 1.49. The molecule has 0 spiro atoms. The van der Waals surface area contributed by atoms with Crippen molar-refractivity contribution in [1.29, 1.82) is 0 Å². The maximum absolute atomic E-state index is 10.7. The van der Waals surface area contributed by atoms with Crippen molar-refractivity contribution in [3.63, 3.8) is 0 Å². The molecule has 0 aliphatic carbocycles. The van der Waals surface area contributed by atoms with Crippen LogP contribution in [0.15, 0.2) is 48.7 Å². The summed E-state index contributed by atoms with van der Waals surface area (Å²) in [5.74, 6) is 1.28. The molecular formula is C19H22N2O4. The van der Waals surface area contributed by atoms with Crippen molar-refractivity contribution < 1.29 is 19.4 Å². The number of nitrogens with zero attached hydrogens (tertiary/aromatic N) is 2. The SMILES string of the molecule is O=C(O)CCN1CCCC1COc1ccc(Oc2ccccn2)cc1. The maximum atomic E-state index is 10.7. The lowest BCUT2D eigenvalue weighted by Crippen LogP contribution is -2.35. The van der Waals surface area contributed by atoms with Gasteiger partial charge in [-0.3, -0.25) is 9.69 Å². The number of carbonyl (C=O) groups is 1. The first-order valence-electron chi connectivity index (χ1n) is 8.48. The van der Waals surface area contributed by atoms with E-state index in [9.17, 15) is 4.79 Å². The van der Waals surface area contributed by atoms with Crippen LogP contribution in [0.2, 0.25) is 0 Å². The molecule has 1 aliphatic heterocycles. The number of carboxylic acids is 1. The summed E-state index contributed by atoms with van der Waals surface area (Å²) in [6, 6.07) is 13.2. The van der Waals surface area contributed by atoms with Crippen LogP contribution in [0.1, 0.15) is 19.3 Å². The lowest BCUT2D eigenvalue weighted by molar-refractivity contribution is -0.137. The molecule has 0 amide bonds. The molecular weight excluding hydrogens is 320 g/mol. The highest BCUT2D eigenvalue weighted by Gasteiger charge is 2.25. The van der Waals surface area contributed by atoms with E-state index in [1.54, 1.807) is 12.3 Å². The zero-order chi connectivity index (χ0) is 17.5. The molecule has 1 atom stereocenters. The Kier molecular flexibility index (Phi) is 5.85. The minimum absolute atomic E-state index is 0.177. The first-order valence-corrected chi connectivity index (χ1v) is 8.48. The first-order chi connectivity index (χ1) is 12.2. The number of hydrogen-bond acceptors (Lipinski definition) is 5. The van der Waals surface area contributed by atoms with Gasteiger partial charge in [0.1, 0.15) is 18.1 Å². The average molecular weight is 342 g/mol. The second-order valence-corrected chi connectivity index (χ2v) is 6.03. The molecule has 0 radical (unpaired) electrons. The second kappa shape index (κ2) is 8.48. The maximum Gasteiger partial charge on any atom is 0.304 e. The topological polar surface area (TPSA) is 71.9 Å². The normalized spacial score (nSPS) is 17.4. The summed E-state index contributed by atoms with van der Waals surface area (Å²) >= 11 is 0. The Labute approximate surface area is 147 Å². The van der Waals surface area contributed by atoms with Crippen molar-refractivity contribution in [3.8, 4) is 17.4 Å². The van der Waals surface area contributed by atoms with Crippen molar-refractivity contribution in [3.05, 3.63) is 48.7 Å². The van der Waals surface area contributed by atoms with Gasteiger partial charge in [0.25, 0.3) is 0 Å². The molecule has 1 N–H and O–H groups in total. The fourth-order valence-corrected chi connectivity index (χ4v) is 2.94. The van der Waals surface area contributed by atoms with E-state index in [2.05, 4.69) is 9.88 Å². The van der Waals surface area contributed by atoms with Gasteiger partial charge in [0.15, 0.2) is 0 Å². The highest BCUT2D eigenvalue weighted by molar-refractivity contribution is 5.66. The highest BCUT2D eigenvalue weighted by atomic mass is 16.5. The van der Waals surface area contributed by atoms with Crippen LogP contribution in [0.5, 0.6) is 17.4 Å². The summed E-state index contributed by atoms with van der Waals surface area (Å²) in [6.07, 6.45) is 3.99. The van der Waals surface area contributed by atoms with Crippen molar-refractivity contribution in [2.24, 2.45) is 0 Å². The molecule has 1 saturated heterocycles. The van der Waals surface area contributed by atoms with E-state index in [4.69, 9.17) is 14.6 Å². The Morgan fingerprint density at radius 3 is 2.72 bits per heavy atom. The summed E-state index contributed by atoms with van der Waals surface area (Å²) in [6.45, 7) is 2.10. The summed E-state index contributed by atoms with van der Waals surface area (Å²) in [5.41, 5.74) is 0. The third-order valence-electron chi connectivity index (χ3n) is 4.24. The van der Waals surface area contributed by atoms with Gasteiger partial charge in [0.05, 0.1) is 6.42 Å². The Bertz CT molecular complexity index is 676. The van der Waals surface area contributed by atoms with Crippen LogP contribution in [-0.4, -0.2) is 46.7 Å². The molecule has 2 heterocycles. The third-order valence-corrected chi connectivity index (χ3v) is 4.24. The van der Waals surface area contributed by atoms with E-state index < -0.39 is 5.97 Å². The molecule has 132 valence electrons. The average Bonchev–Trinajstić information content (AvgIpc) is 3.08. The second-order valence-electron chi connectivity index (χ2n) is 6.03. The molecule has 6 heteroatoms. The smallest absolute Gasteiger partial charge is 0.304 e. The van der Waals surface area contributed by atoms with Crippen molar-refractivity contribution in [1.82, 2.24) is 9.88 Å². The number of pyridine rings is 1. The predicted octanol–water partition coefficient (Wildman–Crippen LogP) is 3.19. The largest absolute Gasteiger partial charge is 0.492 e. The van der Waals surface area contributed by atoms with Gasteiger partial charge in [0, 0.05) is 24.8 Å². The van der Waals surface area contributed by atoms with E-state index in [-0.39, 0.29) is 12.5 Å². The van der Waals surface area contributed by atoms with Gasteiger partial charge in [-0.15, -0.1) is 0 Å². The van der Waals surface area contributed by atoms with Gasteiger partial charge < -0.3 is 14.6 Å². The van der Waals surface area contributed by atoms with Crippen LogP contribution in [0, 0.1) is 0 Å². The van der Waals surface area contributed by atoms with E-state index >= 15 is 0 Å². The van der Waals surface area contributed by atoms with Gasteiger partial charge in [-0.2, -0.15) is 0 Å². The summed E-state index contributed by atoms with van der Waals surface area (Å²) < 4.78 is 11.5. The number of rotatable bonds is 8. The number of hydrogen-bond donors (Lipinski definition) is 1. The summed E-state index contributed by atoms with van der Waals surface area (Å²) in [4.78, 5) is 17.1. The van der Waals surface area contributed by atoms with Crippen LogP contribution in [-0.2, 0) is 4.79 Å².